The van der Waals surface area contributed by atoms with E-state index in [2.05, 4.69) is 6.92 Å². The van der Waals surface area contributed by atoms with Crippen molar-refractivity contribution in [1.29, 1.82) is 0 Å². The first-order valence-electron chi connectivity index (χ1n) is 7.86. The molecule has 0 spiro atoms. The van der Waals surface area contributed by atoms with E-state index in [1.165, 1.54) is 0 Å². The number of ether oxygens (including phenoxy) is 1. The SMILES string of the molecule is CCCCC(=O)N1CCCC(C(=O)N2CCOCC2)C1. The number of morpholine rings is 1. The van der Waals surface area contributed by atoms with Gasteiger partial charge in [0.25, 0.3) is 0 Å². The van der Waals surface area contributed by atoms with Crippen molar-refractivity contribution in [3.63, 3.8) is 0 Å². The lowest BCUT2D eigenvalue weighted by molar-refractivity contribution is -0.144. The van der Waals surface area contributed by atoms with Crippen LogP contribution in [0.2, 0.25) is 0 Å². The van der Waals surface area contributed by atoms with Gasteiger partial charge in [-0.1, -0.05) is 13.3 Å². The maximum Gasteiger partial charge on any atom is 0.227 e. The molecule has 2 aliphatic heterocycles. The molecule has 2 fully saturated rings. The standard InChI is InChI=1S/C15H26N2O3/c1-2-3-6-14(18)17-7-4-5-13(12-17)15(19)16-8-10-20-11-9-16/h13H,2-12H2,1H3. The van der Waals surface area contributed by atoms with Gasteiger partial charge in [0.1, 0.15) is 0 Å². The third-order valence-electron chi connectivity index (χ3n) is 4.19. The normalized spacial score (nSPS) is 23.8. The number of carbonyl (C=O) groups is 2. The van der Waals surface area contributed by atoms with Crippen LogP contribution in [0.25, 0.3) is 0 Å². The highest BCUT2D eigenvalue weighted by molar-refractivity contribution is 5.81. The summed E-state index contributed by atoms with van der Waals surface area (Å²) in [4.78, 5) is 28.3. The van der Waals surface area contributed by atoms with Crippen molar-refractivity contribution < 1.29 is 14.3 Å². The van der Waals surface area contributed by atoms with Crippen molar-refractivity contribution in [3.8, 4) is 0 Å². The van der Waals surface area contributed by atoms with Crippen molar-refractivity contribution in [2.75, 3.05) is 39.4 Å². The molecule has 20 heavy (non-hydrogen) atoms. The molecule has 0 N–H and O–H groups in total. The Labute approximate surface area is 121 Å². The van der Waals surface area contributed by atoms with Crippen LogP contribution in [0.5, 0.6) is 0 Å². The number of piperidine rings is 1. The minimum Gasteiger partial charge on any atom is -0.378 e. The minimum absolute atomic E-state index is 0.00701. The van der Waals surface area contributed by atoms with Crippen molar-refractivity contribution in [1.82, 2.24) is 9.80 Å². The van der Waals surface area contributed by atoms with Crippen molar-refractivity contribution in [2.45, 2.75) is 39.0 Å². The first-order chi connectivity index (χ1) is 9.72. The second kappa shape index (κ2) is 7.62. The lowest BCUT2D eigenvalue weighted by atomic mass is 9.96. The van der Waals surface area contributed by atoms with Crippen LogP contribution in [0, 0.1) is 5.92 Å². The summed E-state index contributed by atoms with van der Waals surface area (Å²) in [7, 11) is 0. The second-order valence-electron chi connectivity index (χ2n) is 5.72. The third-order valence-corrected chi connectivity index (χ3v) is 4.19. The molecule has 0 aromatic rings. The molecule has 0 bridgehead atoms. The highest BCUT2D eigenvalue weighted by Crippen LogP contribution is 2.20. The van der Waals surface area contributed by atoms with Crippen LogP contribution in [0.15, 0.2) is 0 Å². The highest BCUT2D eigenvalue weighted by Gasteiger charge is 2.31. The van der Waals surface area contributed by atoms with Crippen LogP contribution in [-0.2, 0) is 14.3 Å². The van der Waals surface area contributed by atoms with E-state index in [0.717, 1.165) is 32.2 Å². The molecule has 1 atom stereocenters. The van der Waals surface area contributed by atoms with Gasteiger partial charge in [-0.25, -0.2) is 0 Å². The Balaban J connectivity index is 1.85. The number of hydrogen-bond acceptors (Lipinski definition) is 3. The van der Waals surface area contributed by atoms with Gasteiger partial charge in [-0.2, -0.15) is 0 Å². The molecule has 1 unspecified atom stereocenters. The molecular weight excluding hydrogens is 256 g/mol. The van der Waals surface area contributed by atoms with Gasteiger partial charge in [0.05, 0.1) is 19.1 Å². The van der Waals surface area contributed by atoms with E-state index in [0.29, 0.717) is 39.3 Å². The molecule has 2 heterocycles. The predicted octanol–water partition coefficient (Wildman–Crippen LogP) is 1.27. The Morgan fingerprint density at radius 3 is 2.60 bits per heavy atom. The maximum atomic E-state index is 12.5. The van der Waals surface area contributed by atoms with Crippen LogP contribution in [0.4, 0.5) is 0 Å². The first kappa shape index (κ1) is 15.3. The van der Waals surface area contributed by atoms with Crippen molar-refractivity contribution >= 4 is 11.8 Å². The number of unbranched alkanes of at least 4 members (excludes halogenated alkanes) is 1. The predicted molar refractivity (Wildman–Crippen MR) is 76.2 cm³/mol. The van der Waals surface area contributed by atoms with Gasteiger partial charge in [0, 0.05) is 32.6 Å². The first-order valence-corrected chi connectivity index (χ1v) is 7.86. The van der Waals surface area contributed by atoms with E-state index in [1.807, 2.05) is 9.80 Å². The largest absolute Gasteiger partial charge is 0.378 e. The molecule has 2 amide bonds. The van der Waals surface area contributed by atoms with Crippen LogP contribution in [0.1, 0.15) is 39.0 Å². The van der Waals surface area contributed by atoms with E-state index >= 15 is 0 Å². The Hall–Kier alpha value is -1.10. The van der Waals surface area contributed by atoms with Crippen LogP contribution < -0.4 is 0 Å². The van der Waals surface area contributed by atoms with Gasteiger partial charge in [-0.05, 0) is 19.3 Å². The second-order valence-corrected chi connectivity index (χ2v) is 5.72. The number of hydrogen-bond donors (Lipinski definition) is 0. The maximum absolute atomic E-state index is 12.5. The highest BCUT2D eigenvalue weighted by atomic mass is 16.5. The Bertz CT molecular complexity index is 340. The summed E-state index contributed by atoms with van der Waals surface area (Å²) in [6.45, 7) is 6.18. The molecule has 0 radical (unpaired) electrons. The van der Waals surface area contributed by atoms with Crippen LogP contribution in [0.3, 0.4) is 0 Å². The molecule has 114 valence electrons. The van der Waals surface area contributed by atoms with Crippen LogP contribution >= 0.6 is 0 Å². The summed E-state index contributed by atoms with van der Waals surface area (Å²) in [5.41, 5.74) is 0. The summed E-state index contributed by atoms with van der Waals surface area (Å²) in [6.07, 6.45) is 4.45. The summed E-state index contributed by atoms with van der Waals surface area (Å²) < 4.78 is 5.28. The summed E-state index contributed by atoms with van der Waals surface area (Å²) >= 11 is 0. The zero-order valence-electron chi connectivity index (χ0n) is 12.5. The fourth-order valence-electron chi connectivity index (χ4n) is 2.93. The van der Waals surface area contributed by atoms with E-state index in [4.69, 9.17) is 4.74 Å². The van der Waals surface area contributed by atoms with Gasteiger partial charge in [-0.15, -0.1) is 0 Å². The number of rotatable bonds is 4. The Kier molecular flexibility index (Phi) is 5.83. The van der Waals surface area contributed by atoms with E-state index in [9.17, 15) is 9.59 Å². The van der Waals surface area contributed by atoms with Gasteiger partial charge < -0.3 is 14.5 Å². The number of nitrogens with zero attached hydrogens (tertiary/aromatic N) is 2. The summed E-state index contributed by atoms with van der Waals surface area (Å²) in [6, 6.07) is 0. The molecule has 0 aromatic heterocycles. The average Bonchev–Trinajstić information content (AvgIpc) is 2.52. The van der Waals surface area contributed by atoms with Gasteiger partial charge in [0.15, 0.2) is 0 Å². The zero-order valence-corrected chi connectivity index (χ0v) is 12.5. The van der Waals surface area contributed by atoms with Gasteiger partial charge in [0.2, 0.25) is 11.8 Å². The number of likely N-dealkylation sites (tertiary alicyclic amines) is 1. The van der Waals surface area contributed by atoms with Crippen molar-refractivity contribution in [2.24, 2.45) is 5.92 Å². The smallest absolute Gasteiger partial charge is 0.227 e. The Morgan fingerprint density at radius 1 is 1.15 bits per heavy atom. The van der Waals surface area contributed by atoms with Crippen molar-refractivity contribution in [3.05, 3.63) is 0 Å². The topological polar surface area (TPSA) is 49.9 Å². The molecule has 2 rings (SSSR count). The lowest BCUT2D eigenvalue weighted by Gasteiger charge is -2.36. The minimum atomic E-state index is -0.00701. The van der Waals surface area contributed by atoms with E-state index < -0.39 is 0 Å². The quantitative estimate of drug-likeness (QED) is 0.780. The fourth-order valence-corrected chi connectivity index (χ4v) is 2.93. The molecule has 0 aromatic carbocycles. The third kappa shape index (κ3) is 3.95. The molecule has 0 saturated carbocycles. The molecule has 2 aliphatic rings. The number of amides is 2. The number of carbonyl (C=O) groups excluding carboxylic acids is 2. The monoisotopic (exact) mass is 282 g/mol. The average molecular weight is 282 g/mol. The zero-order chi connectivity index (χ0) is 14.4. The van der Waals surface area contributed by atoms with Gasteiger partial charge in [-0.3, -0.25) is 9.59 Å². The molecule has 0 aliphatic carbocycles. The van der Waals surface area contributed by atoms with Crippen LogP contribution in [-0.4, -0.2) is 61.0 Å². The fraction of sp³-hybridized carbons (Fsp3) is 0.867. The van der Waals surface area contributed by atoms with E-state index in [-0.39, 0.29) is 17.7 Å². The van der Waals surface area contributed by atoms with Gasteiger partial charge >= 0.3 is 0 Å². The summed E-state index contributed by atoms with van der Waals surface area (Å²) in [5, 5.41) is 0. The summed E-state index contributed by atoms with van der Waals surface area (Å²) in [5.74, 6) is 0.417. The molecule has 5 heteroatoms. The van der Waals surface area contributed by atoms with E-state index in [1.54, 1.807) is 0 Å². The molecule has 5 nitrogen and oxygen atoms in total. The molecule has 2 saturated heterocycles. The lowest BCUT2D eigenvalue weighted by Crippen LogP contribution is -2.49. The molecular formula is C15H26N2O3. The Morgan fingerprint density at radius 2 is 1.90 bits per heavy atom.